The Morgan fingerprint density at radius 1 is 0.289 bits per heavy atom. The number of rotatable bonds is 15. The fraction of sp³-hybridized carbons (Fsp3) is 0.196. The van der Waals surface area contributed by atoms with Crippen molar-refractivity contribution in [1.29, 1.82) is 0 Å². The van der Waals surface area contributed by atoms with E-state index in [1.54, 1.807) is 0 Å². The Balaban J connectivity index is 0.00000133. The highest BCUT2D eigenvalue weighted by molar-refractivity contribution is 7.97. The van der Waals surface area contributed by atoms with Crippen LogP contribution in [0.25, 0.3) is 0 Å². The van der Waals surface area contributed by atoms with Crippen LogP contribution in [0.2, 0.25) is 15.1 Å². The summed E-state index contributed by atoms with van der Waals surface area (Å²) < 4.78 is 3.69. The molecule has 0 aliphatic heterocycles. The fourth-order valence-corrected chi connectivity index (χ4v) is 18.3. The Bertz CT molecular complexity index is 4380. The molecule has 17 heteroatoms. The summed E-state index contributed by atoms with van der Waals surface area (Å²) in [5.41, 5.74) is 7.82. The SMILES string of the molecule is CC(C)(C)c1ccc([S+](c2ccccc2)c2ccccc2)cc1.CCC(C)(C)c1ccc([IH+])cc1.CCC(C)(C)c1ccc([IH+])cc1.C[N+](C)(C)Cc1ccccc1.Cc1ccc([S+](c2ccccc2)c2ccccc2)cc1.Clc1ccc([S+](c2ccc(Cl)cc2)c2ccc(Cl)cc2)cc1.[OH-].[OH-].[OH-].[OH-].[OH-].[OH-].[OH-].[SH2+]c1ccccc1. The Morgan fingerprint density at radius 3 is 0.719 bits per heavy atom. The molecule has 0 fully saturated rings. The number of benzene rings is 13. The van der Waals surface area contributed by atoms with E-state index in [2.05, 4.69) is 433 Å². The number of nitrogens with zero attached hydrogens (tertiary/aromatic N) is 1. The summed E-state index contributed by atoms with van der Waals surface area (Å²) in [5.74, 6) is 0. The molecule has 0 unspecified atom stereocenters. The van der Waals surface area contributed by atoms with Crippen molar-refractivity contribution in [2.45, 2.75) is 154 Å². The van der Waals surface area contributed by atoms with E-state index in [-0.39, 0.29) is 76.4 Å². The van der Waals surface area contributed by atoms with Crippen LogP contribution in [-0.2, 0) is 68.1 Å². The van der Waals surface area contributed by atoms with Gasteiger partial charge in [-0.2, -0.15) is 0 Å². The molecule has 0 atom stereocenters. The Hall–Kier alpha value is -6.73. The van der Waals surface area contributed by atoms with Crippen LogP contribution in [0.5, 0.6) is 0 Å². The number of aryl methyl sites for hydroxylation is 1. The van der Waals surface area contributed by atoms with Gasteiger partial charge in [-0.3, -0.25) is 0 Å². The van der Waals surface area contributed by atoms with E-state index in [0.717, 1.165) is 31.0 Å². The number of hydrogen-bond acceptors (Lipinski definition) is 7. The van der Waals surface area contributed by atoms with Crippen LogP contribution in [-0.4, -0.2) is 64.0 Å². The highest BCUT2D eigenvalue weighted by atomic mass is 127. The van der Waals surface area contributed by atoms with E-state index < -0.39 is 0 Å². The van der Waals surface area contributed by atoms with Gasteiger partial charge < -0.3 is 42.8 Å². The van der Waals surface area contributed by atoms with Gasteiger partial charge in [0.25, 0.3) is 45.2 Å². The van der Waals surface area contributed by atoms with Crippen LogP contribution < -0.4 is 45.2 Å². The van der Waals surface area contributed by atoms with E-state index in [1.165, 1.54) is 91.9 Å². The van der Waals surface area contributed by atoms with Crippen molar-refractivity contribution in [1.82, 2.24) is 0 Å². The molecule has 0 aromatic heterocycles. The zero-order chi connectivity index (χ0) is 77.4. The molecule has 13 aromatic carbocycles. The molecule has 608 valence electrons. The number of hydrogen-bond donors (Lipinski definition) is 0. The standard InChI is InChI=1S/C22H23S.C19H17S.C18H12Cl3S.2C11H16I.C10H16N.C6H6S.7H2O/c1-22(2,3)18-14-16-21(17-15-18)23(19-10-6-4-7-11-19)20-12-8-5-9-13-20;1-16-12-14-19(15-13-16)20(17-8-4-2-5-9-17)18-10-6-3-7-11-18;19-13-1-7-16(8-2-13)22(17-9-3-14(20)4-10-17)18-11-5-15(21)6-12-18;2*1-4-11(2,3)9-5-7-10(12)8-6-9;1-11(2,3)9-10-7-5-4-6-8-10;7-6-4-2-1-3-5-6;;;;;;;/h4-17H,1-3H3;2-15H,1H3;1-12H;2*5-8,12H,4H2,1-3H3;4-8H,9H2,1-3H3;1-5,7H;7*1H2/q6*+1;;;;;;;;/p-6. The van der Waals surface area contributed by atoms with Crippen molar-refractivity contribution in [2.75, 3.05) is 21.1 Å². The second-order valence-corrected chi connectivity index (χ2v) is 39.6. The van der Waals surface area contributed by atoms with E-state index in [1.807, 2.05) is 66.7 Å². The monoisotopic (exact) mass is 1890 g/mol. The quantitative estimate of drug-likeness (QED) is 0.0550. The average molecular weight is 1890 g/mol. The molecule has 13 rings (SSSR count). The molecule has 0 bridgehead atoms. The van der Waals surface area contributed by atoms with E-state index in [4.69, 9.17) is 34.8 Å². The van der Waals surface area contributed by atoms with Crippen molar-refractivity contribution < 1.29 is 88.0 Å². The lowest BCUT2D eigenvalue weighted by molar-refractivity contribution is -0.884. The summed E-state index contributed by atoms with van der Waals surface area (Å²) in [4.78, 5) is 12.9. The second kappa shape index (κ2) is 54.3. The minimum absolute atomic E-state index is 0. The lowest BCUT2D eigenvalue weighted by atomic mass is 9.82. The lowest BCUT2D eigenvalue weighted by Crippen LogP contribution is -3.34. The first-order valence-corrected chi connectivity index (χ1v) is 43.8. The summed E-state index contributed by atoms with van der Waals surface area (Å²) in [5, 5.41) is 2.21. The molecule has 0 aliphatic carbocycles. The molecular formula is C97H114Cl3I2NO7S4. The van der Waals surface area contributed by atoms with Gasteiger partial charge in [0.2, 0.25) is 0 Å². The summed E-state index contributed by atoms with van der Waals surface area (Å²) >= 11 is 25.5. The molecule has 0 amide bonds. The van der Waals surface area contributed by atoms with Crippen molar-refractivity contribution in [3.05, 3.63) is 402 Å². The molecule has 0 saturated carbocycles. The Labute approximate surface area is 737 Å². The minimum Gasteiger partial charge on any atom is -0.870 e. The molecule has 8 nitrogen and oxygen atoms in total. The summed E-state index contributed by atoms with van der Waals surface area (Å²) in [6, 6.07) is 123. The second-order valence-electron chi connectivity index (χ2n) is 28.9. The molecule has 114 heavy (non-hydrogen) atoms. The molecule has 0 aliphatic rings. The Morgan fingerprint density at radius 2 is 0.500 bits per heavy atom. The maximum Gasteiger partial charge on any atom is 0.296 e. The largest absolute Gasteiger partial charge is 0.870 e. The molecule has 0 saturated heterocycles. The average Bonchev–Trinajstić information content (AvgIpc) is 0.818. The first-order chi connectivity index (χ1) is 51.1. The molecular weight excluding hydrogens is 1780 g/mol. The van der Waals surface area contributed by atoms with Crippen molar-refractivity contribution in [3.63, 3.8) is 0 Å². The molecule has 0 heterocycles. The van der Waals surface area contributed by atoms with Gasteiger partial charge in [-0.25, -0.2) is 0 Å². The number of quaternary nitrogens is 1. The summed E-state index contributed by atoms with van der Waals surface area (Å²) in [6.45, 7) is 23.6. The van der Waals surface area contributed by atoms with Crippen LogP contribution in [0.3, 0.4) is 0 Å². The minimum atomic E-state index is -0.215. The van der Waals surface area contributed by atoms with Gasteiger partial charge in [0.1, 0.15) is 11.4 Å². The van der Waals surface area contributed by atoms with Crippen LogP contribution in [0.15, 0.2) is 401 Å². The lowest BCUT2D eigenvalue weighted by Gasteiger charge is -2.23. The third-order valence-corrected chi connectivity index (χ3v) is 26.9. The maximum atomic E-state index is 6.02. The predicted molar refractivity (Wildman–Crippen MR) is 479 cm³/mol. The third-order valence-electron chi connectivity index (χ3n) is 17.6. The van der Waals surface area contributed by atoms with Gasteiger partial charge in [-0.05, 0) is 247 Å². The first-order valence-electron chi connectivity index (χ1n) is 36.2. The van der Waals surface area contributed by atoms with E-state index >= 15 is 0 Å². The first kappa shape index (κ1) is 107. The van der Waals surface area contributed by atoms with Gasteiger partial charge in [0, 0.05) is 20.6 Å². The highest BCUT2D eigenvalue weighted by Gasteiger charge is 2.31. The van der Waals surface area contributed by atoms with E-state index in [0.29, 0.717) is 10.8 Å². The van der Waals surface area contributed by atoms with Crippen molar-refractivity contribution >= 4 is 80.1 Å². The highest BCUT2D eigenvalue weighted by Crippen LogP contribution is 2.36. The smallest absolute Gasteiger partial charge is 0.296 e. The van der Waals surface area contributed by atoms with Gasteiger partial charge in [-0.1, -0.05) is 273 Å². The molecule has 13 aromatic rings. The van der Waals surface area contributed by atoms with Crippen molar-refractivity contribution in [3.8, 4) is 0 Å². The zero-order valence-electron chi connectivity index (χ0n) is 67.4. The Kier molecular flexibility index (Phi) is 51.1. The summed E-state index contributed by atoms with van der Waals surface area (Å²) in [6.07, 6.45) is 2.38. The molecule has 0 radical (unpaired) electrons. The van der Waals surface area contributed by atoms with Crippen LogP contribution >= 0.6 is 34.8 Å². The normalized spacial score (nSPS) is 10.4. The van der Waals surface area contributed by atoms with Gasteiger partial charge in [-0.15, -0.1) is 0 Å². The molecule has 0 spiro atoms. The molecule has 7 N–H and O–H groups in total. The number of halogens is 5. The van der Waals surface area contributed by atoms with Gasteiger partial charge in [0.05, 0.1) is 53.8 Å². The zero-order valence-corrected chi connectivity index (χ0v) is 77.7. The third kappa shape index (κ3) is 36.8. The van der Waals surface area contributed by atoms with Gasteiger partial charge in [0.15, 0.2) is 51.2 Å². The van der Waals surface area contributed by atoms with Crippen LogP contribution in [0, 0.1) is 14.1 Å². The van der Waals surface area contributed by atoms with E-state index in [9.17, 15) is 0 Å². The maximum absolute atomic E-state index is 6.02. The van der Waals surface area contributed by atoms with Gasteiger partial charge >= 0.3 is 0 Å². The summed E-state index contributed by atoms with van der Waals surface area (Å²) in [7, 11) is 6.32. The van der Waals surface area contributed by atoms with Crippen molar-refractivity contribution in [2.24, 2.45) is 0 Å². The van der Waals surface area contributed by atoms with Crippen LogP contribution in [0.4, 0.5) is 0 Å². The topological polar surface area (TPSA) is 210 Å². The van der Waals surface area contributed by atoms with Crippen LogP contribution in [0.1, 0.15) is 103 Å². The fourth-order valence-electron chi connectivity index (χ4n) is 10.7. The predicted octanol–water partition coefficient (Wildman–Crippen LogP) is 19.3.